The summed E-state index contributed by atoms with van der Waals surface area (Å²) < 4.78 is 33.7. The van der Waals surface area contributed by atoms with Crippen LogP contribution in [0.2, 0.25) is 0 Å². The largest absolute Gasteiger partial charge is 0.446 e. The lowest BCUT2D eigenvalue weighted by Crippen LogP contribution is -2.12. The van der Waals surface area contributed by atoms with E-state index in [4.69, 9.17) is 4.42 Å². The molecule has 0 fully saturated rings. The van der Waals surface area contributed by atoms with Gasteiger partial charge < -0.3 is 9.40 Å². The zero-order valence-corrected chi connectivity index (χ0v) is 16.1. The van der Waals surface area contributed by atoms with Crippen LogP contribution in [0.5, 0.6) is 0 Å². The number of rotatable bonds is 4. The van der Waals surface area contributed by atoms with E-state index in [0.717, 1.165) is 5.56 Å². The molecule has 26 heavy (non-hydrogen) atoms. The molecule has 0 bridgehead atoms. The Hall–Kier alpha value is -2.58. The average molecular weight is 432 g/mol. The molecular formula is C18H14BrN3O3S. The minimum absolute atomic E-state index is 0.217. The molecule has 4 aromatic rings. The number of H-pyrrole nitrogens is 1. The maximum absolute atomic E-state index is 12.5. The van der Waals surface area contributed by atoms with Gasteiger partial charge in [-0.3, -0.25) is 4.72 Å². The summed E-state index contributed by atoms with van der Waals surface area (Å²) in [5.74, 6) is 1.17. The summed E-state index contributed by atoms with van der Waals surface area (Å²) in [7, 11) is -3.65. The van der Waals surface area contributed by atoms with E-state index in [1.165, 1.54) is 0 Å². The fourth-order valence-corrected chi connectivity index (χ4v) is 3.92. The van der Waals surface area contributed by atoms with Crippen LogP contribution >= 0.6 is 15.9 Å². The van der Waals surface area contributed by atoms with Gasteiger partial charge in [-0.05, 0) is 65.3 Å². The van der Waals surface area contributed by atoms with Gasteiger partial charge in [0.05, 0.1) is 21.6 Å². The summed E-state index contributed by atoms with van der Waals surface area (Å²) >= 11 is 3.26. The van der Waals surface area contributed by atoms with Gasteiger partial charge in [0, 0.05) is 0 Å². The number of aryl methyl sites for hydroxylation is 1. The van der Waals surface area contributed by atoms with Crippen LogP contribution in [0.4, 0.5) is 5.69 Å². The third kappa shape index (κ3) is 3.25. The number of hydrogen-bond donors (Lipinski definition) is 2. The number of fused-ring (bicyclic) bond motifs is 1. The van der Waals surface area contributed by atoms with Crippen LogP contribution in [0, 0.1) is 6.92 Å². The summed E-state index contributed by atoms with van der Waals surface area (Å²) in [4.78, 5) is 7.81. The highest BCUT2D eigenvalue weighted by Crippen LogP contribution is 2.27. The molecular weight excluding hydrogens is 418 g/mol. The van der Waals surface area contributed by atoms with Crippen LogP contribution in [0.15, 0.2) is 68.6 Å². The van der Waals surface area contributed by atoms with E-state index < -0.39 is 10.0 Å². The Bertz CT molecular complexity index is 1190. The van der Waals surface area contributed by atoms with Crippen molar-refractivity contribution in [3.05, 3.63) is 64.8 Å². The lowest BCUT2D eigenvalue weighted by atomic mass is 10.2. The Morgan fingerprint density at radius 1 is 1.08 bits per heavy atom. The number of imidazole rings is 1. The molecule has 2 heterocycles. The minimum Gasteiger partial charge on any atom is -0.446 e. The Balaban J connectivity index is 1.66. The highest BCUT2D eigenvalue weighted by Gasteiger charge is 2.15. The fraction of sp³-hybridized carbons (Fsp3) is 0.0556. The predicted octanol–water partition coefficient (Wildman–Crippen LogP) is 4.69. The fourth-order valence-electron chi connectivity index (χ4n) is 2.56. The SMILES string of the molecule is Cc1ccc(S(=O)(=O)Nc2ccc3nc(-c4ccc(Br)o4)[nH]c3c2)cc1. The van der Waals surface area contributed by atoms with Gasteiger partial charge in [0.25, 0.3) is 10.0 Å². The maximum atomic E-state index is 12.5. The van der Waals surface area contributed by atoms with Gasteiger partial charge in [-0.15, -0.1) is 0 Å². The smallest absolute Gasteiger partial charge is 0.261 e. The lowest BCUT2D eigenvalue weighted by molar-refractivity contribution is 0.552. The van der Waals surface area contributed by atoms with E-state index in [1.807, 2.05) is 6.92 Å². The van der Waals surface area contributed by atoms with Gasteiger partial charge in [-0.1, -0.05) is 17.7 Å². The predicted molar refractivity (Wildman–Crippen MR) is 103 cm³/mol. The number of sulfonamides is 1. The molecule has 0 aliphatic heterocycles. The second-order valence-electron chi connectivity index (χ2n) is 5.84. The van der Waals surface area contributed by atoms with Gasteiger partial charge in [-0.2, -0.15) is 0 Å². The van der Waals surface area contributed by atoms with Crippen molar-refractivity contribution >= 4 is 42.7 Å². The van der Waals surface area contributed by atoms with Crippen molar-refractivity contribution in [2.75, 3.05) is 4.72 Å². The average Bonchev–Trinajstić information content (AvgIpc) is 3.20. The van der Waals surface area contributed by atoms with E-state index in [1.54, 1.807) is 54.6 Å². The van der Waals surface area contributed by atoms with Crippen LogP contribution < -0.4 is 4.72 Å². The van der Waals surface area contributed by atoms with Crippen molar-refractivity contribution in [2.45, 2.75) is 11.8 Å². The molecule has 0 aliphatic carbocycles. The second kappa shape index (κ2) is 6.30. The molecule has 0 saturated heterocycles. The van der Waals surface area contributed by atoms with Crippen LogP contribution in [0.1, 0.15) is 5.56 Å². The number of furan rings is 1. The molecule has 6 nitrogen and oxygen atoms in total. The van der Waals surface area contributed by atoms with Gasteiger partial charge >= 0.3 is 0 Å². The van der Waals surface area contributed by atoms with Crippen molar-refractivity contribution < 1.29 is 12.8 Å². The molecule has 0 aliphatic rings. The summed E-state index contributed by atoms with van der Waals surface area (Å²) in [6.45, 7) is 1.91. The van der Waals surface area contributed by atoms with Crippen molar-refractivity contribution in [1.82, 2.24) is 9.97 Å². The third-order valence-electron chi connectivity index (χ3n) is 3.87. The molecule has 0 spiro atoms. The van der Waals surface area contributed by atoms with Crippen molar-refractivity contribution in [3.8, 4) is 11.6 Å². The third-order valence-corrected chi connectivity index (χ3v) is 5.70. The maximum Gasteiger partial charge on any atom is 0.261 e. The van der Waals surface area contributed by atoms with E-state index in [2.05, 4.69) is 30.6 Å². The summed E-state index contributed by atoms with van der Waals surface area (Å²) in [5.41, 5.74) is 2.87. The summed E-state index contributed by atoms with van der Waals surface area (Å²) in [6.07, 6.45) is 0. The summed E-state index contributed by atoms with van der Waals surface area (Å²) in [5, 5.41) is 0. The molecule has 2 N–H and O–H groups in total. The van der Waals surface area contributed by atoms with E-state index in [0.29, 0.717) is 33.0 Å². The molecule has 4 rings (SSSR count). The normalized spacial score (nSPS) is 11.8. The molecule has 0 amide bonds. The Labute approximate surface area is 158 Å². The minimum atomic E-state index is -3.65. The number of benzene rings is 2. The first-order chi connectivity index (χ1) is 12.4. The number of halogens is 1. The van der Waals surface area contributed by atoms with E-state index >= 15 is 0 Å². The standard InChI is InChI=1S/C18H14BrN3O3S/c1-11-2-5-13(6-3-11)26(23,24)22-12-4-7-14-15(10-12)21-18(20-14)16-8-9-17(19)25-16/h2-10,22H,1H3,(H,20,21). The van der Waals surface area contributed by atoms with Crippen molar-refractivity contribution in [2.24, 2.45) is 0 Å². The number of hydrogen-bond acceptors (Lipinski definition) is 4. The highest BCUT2D eigenvalue weighted by molar-refractivity contribution is 9.10. The Morgan fingerprint density at radius 2 is 1.85 bits per heavy atom. The van der Waals surface area contributed by atoms with Crippen LogP contribution in [-0.2, 0) is 10.0 Å². The van der Waals surface area contributed by atoms with Crippen LogP contribution in [-0.4, -0.2) is 18.4 Å². The molecule has 0 atom stereocenters. The number of nitrogens with zero attached hydrogens (tertiary/aromatic N) is 1. The van der Waals surface area contributed by atoms with Crippen molar-refractivity contribution in [1.29, 1.82) is 0 Å². The van der Waals surface area contributed by atoms with E-state index in [-0.39, 0.29) is 4.90 Å². The second-order valence-corrected chi connectivity index (χ2v) is 8.30. The first kappa shape index (κ1) is 16.9. The molecule has 0 unspecified atom stereocenters. The lowest BCUT2D eigenvalue weighted by Gasteiger charge is -2.08. The molecule has 2 aromatic heterocycles. The molecule has 132 valence electrons. The number of anilines is 1. The highest BCUT2D eigenvalue weighted by atomic mass is 79.9. The van der Waals surface area contributed by atoms with Gasteiger partial charge in [0.2, 0.25) is 0 Å². The molecule has 0 radical (unpaired) electrons. The van der Waals surface area contributed by atoms with Gasteiger partial charge in [0.1, 0.15) is 0 Å². The van der Waals surface area contributed by atoms with Gasteiger partial charge in [0.15, 0.2) is 16.3 Å². The molecule has 2 aromatic carbocycles. The number of nitrogens with one attached hydrogen (secondary N) is 2. The van der Waals surface area contributed by atoms with Crippen LogP contribution in [0.25, 0.3) is 22.6 Å². The number of aromatic amines is 1. The Morgan fingerprint density at radius 3 is 2.54 bits per heavy atom. The quantitative estimate of drug-likeness (QED) is 0.490. The summed E-state index contributed by atoms with van der Waals surface area (Å²) in [6, 6.07) is 15.4. The first-order valence-corrected chi connectivity index (χ1v) is 10.0. The molecule has 8 heteroatoms. The monoisotopic (exact) mass is 431 g/mol. The van der Waals surface area contributed by atoms with Gasteiger partial charge in [-0.25, -0.2) is 13.4 Å². The first-order valence-electron chi connectivity index (χ1n) is 7.76. The molecule has 0 saturated carbocycles. The number of aromatic nitrogens is 2. The zero-order valence-electron chi connectivity index (χ0n) is 13.7. The van der Waals surface area contributed by atoms with Crippen LogP contribution in [0.3, 0.4) is 0 Å². The van der Waals surface area contributed by atoms with Crippen molar-refractivity contribution in [3.63, 3.8) is 0 Å². The Kier molecular flexibility index (Phi) is 4.08. The van der Waals surface area contributed by atoms with E-state index in [9.17, 15) is 8.42 Å². The topological polar surface area (TPSA) is 88.0 Å². The zero-order chi connectivity index (χ0) is 18.3.